The maximum absolute atomic E-state index is 13.6. The van der Waals surface area contributed by atoms with Gasteiger partial charge < -0.3 is 14.7 Å². The van der Waals surface area contributed by atoms with Crippen LogP contribution < -0.4 is 15.4 Å². The Labute approximate surface area is 204 Å². The van der Waals surface area contributed by atoms with Crippen LogP contribution in [0.15, 0.2) is 83.7 Å². The second-order valence-electron chi connectivity index (χ2n) is 9.03. The number of para-hydroxylation sites is 2. The van der Waals surface area contributed by atoms with Crippen molar-refractivity contribution in [3.8, 4) is 0 Å². The fraction of sp³-hybridized carbons (Fsp3) is 0.250. The zero-order valence-corrected chi connectivity index (χ0v) is 20.1. The Bertz CT molecular complexity index is 1410. The van der Waals surface area contributed by atoms with E-state index >= 15 is 0 Å². The van der Waals surface area contributed by atoms with E-state index in [2.05, 4.69) is 0 Å². The SMILES string of the molecule is CN(C)c1cccc(C(=O)N2CCN(c3nc4ccccc4n(Cc4ccccc4)c3=O)CC2)c1. The molecule has 4 aromatic rings. The summed E-state index contributed by atoms with van der Waals surface area (Å²) < 4.78 is 1.80. The average Bonchev–Trinajstić information content (AvgIpc) is 2.90. The van der Waals surface area contributed by atoms with Crippen LogP contribution in [0.3, 0.4) is 0 Å². The number of anilines is 2. The zero-order chi connectivity index (χ0) is 24.4. The van der Waals surface area contributed by atoms with Gasteiger partial charge in [0.1, 0.15) is 0 Å². The van der Waals surface area contributed by atoms with Crippen molar-refractivity contribution >= 4 is 28.4 Å². The summed E-state index contributed by atoms with van der Waals surface area (Å²) in [7, 11) is 3.92. The molecule has 0 atom stereocenters. The van der Waals surface area contributed by atoms with Gasteiger partial charge in [0.05, 0.1) is 17.6 Å². The van der Waals surface area contributed by atoms with Gasteiger partial charge >= 0.3 is 0 Å². The van der Waals surface area contributed by atoms with Gasteiger partial charge in [-0.15, -0.1) is 0 Å². The van der Waals surface area contributed by atoms with Crippen LogP contribution in [0.1, 0.15) is 15.9 Å². The molecule has 7 nitrogen and oxygen atoms in total. The van der Waals surface area contributed by atoms with E-state index in [1.54, 1.807) is 4.57 Å². The Morgan fingerprint density at radius 2 is 1.60 bits per heavy atom. The molecular weight excluding hydrogens is 438 g/mol. The van der Waals surface area contributed by atoms with Crippen LogP contribution in [0, 0.1) is 0 Å². The van der Waals surface area contributed by atoms with E-state index in [-0.39, 0.29) is 11.5 Å². The van der Waals surface area contributed by atoms with Crippen molar-refractivity contribution in [2.24, 2.45) is 0 Å². The molecule has 178 valence electrons. The molecule has 1 amide bonds. The van der Waals surface area contributed by atoms with E-state index in [1.807, 2.05) is 108 Å². The fourth-order valence-corrected chi connectivity index (χ4v) is 4.53. The second kappa shape index (κ2) is 9.62. The van der Waals surface area contributed by atoms with Crippen LogP contribution in [0.2, 0.25) is 0 Å². The van der Waals surface area contributed by atoms with E-state index in [1.165, 1.54) is 0 Å². The molecule has 1 aliphatic rings. The van der Waals surface area contributed by atoms with Crippen LogP contribution >= 0.6 is 0 Å². The molecule has 0 spiro atoms. The Kier molecular flexibility index (Phi) is 6.23. The third-order valence-electron chi connectivity index (χ3n) is 6.49. The highest BCUT2D eigenvalue weighted by Gasteiger charge is 2.25. The molecule has 2 heterocycles. The lowest BCUT2D eigenvalue weighted by molar-refractivity contribution is 0.0746. The molecule has 0 aliphatic carbocycles. The molecule has 35 heavy (non-hydrogen) atoms. The molecule has 5 rings (SSSR count). The van der Waals surface area contributed by atoms with Gasteiger partial charge in [0.2, 0.25) is 0 Å². The first-order valence-electron chi connectivity index (χ1n) is 11.9. The minimum absolute atomic E-state index is 0.0151. The Hall–Kier alpha value is -4.13. The van der Waals surface area contributed by atoms with Crippen LogP contribution in [0.25, 0.3) is 11.0 Å². The maximum Gasteiger partial charge on any atom is 0.294 e. The molecule has 0 bridgehead atoms. The summed E-state index contributed by atoms with van der Waals surface area (Å²) in [6, 6.07) is 25.4. The van der Waals surface area contributed by atoms with Crippen molar-refractivity contribution in [1.29, 1.82) is 0 Å². The highest BCUT2D eigenvalue weighted by molar-refractivity contribution is 5.95. The highest BCUT2D eigenvalue weighted by atomic mass is 16.2. The number of hydrogen-bond acceptors (Lipinski definition) is 5. The van der Waals surface area contributed by atoms with Gasteiger partial charge in [-0.2, -0.15) is 0 Å². The highest BCUT2D eigenvalue weighted by Crippen LogP contribution is 2.19. The van der Waals surface area contributed by atoms with Gasteiger partial charge in [0.25, 0.3) is 11.5 Å². The minimum atomic E-state index is -0.106. The van der Waals surface area contributed by atoms with Crippen LogP contribution in [-0.4, -0.2) is 60.6 Å². The number of fused-ring (bicyclic) bond motifs is 1. The first-order chi connectivity index (χ1) is 17.0. The Morgan fingerprint density at radius 1 is 0.886 bits per heavy atom. The summed E-state index contributed by atoms with van der Waals surface area (Å²) >= 11 is 0. The number of benzene rings is 3. The number of carbonyl (C=O) groups is 1. The van der Waals surface area contributed by atoms with Crippen molar-refractivity contribution in [2.75, 3.05) is 50.1 Å². The predicted molar refractivity (Wildman–Crippen MR) is 140 cm³/mol. The third kappa shape index (κ3) is 4.62. The number of nitrogens with zero attached hydrogens (tertiary/aromatic N) is 5. The molecule has 1 saturated heterocycles. The van der Waals surface area contributed by atoms with Crippen molar-refractivity contribution < 1.29 is 4.79 Å². The summed E-state index contributed by atoms with van der Waals surface area (Å²) in [6.07, 6.45) is 0. The lowest BCUT2D eigenvalue weighted by Gasteiger charge is -2.35. The van der Waals surface area contributed by atoms with E-state index in [9.17, 15) is 9.59 Å². The number of amides is 1. The summed E-state index contributed by atoms with van der Waals surface area (Å²) in [5.74, 6) is 0.461. The van der Waals surface area contributed by atoms with Gasteiger partial charge in [0.15, 0.2) is 5.82 Å². The van der Waals surface area contributed by atoms with Crippen molar-refractivity contribution in [2.45, 2.75) is 6.54 Å². The summed E-state index contributed by atoms with van der Waals surface area (Å²) in [5, 5.41) is 0. The van der Waals surface area contributed by atoms with Gasteiger partial charge in [0, 0.05) is 51.5 Å². The molecule has 0 saturated carbocycles. The average molecular weight is 468 g/mol. The summed E-state index contributed by atoms with van der Waals surface area (Å²) in [4.78, 5) is 37.3. The van der Waals surface area contributed by atoms with Crippen molar-refractivity contribution in [3.63, 3.8) is 0 Å². The topological polar surface area (TPSA) is 61.7 Å². The molecule has 0 unspecified atom stereocenters. The minimum Gasteiger partial charge on any atom is -0.378 e. The molecule has 0 N–H and O–H groups in total. The maximum atomic E-state index is 13.6. The number of carbonyl (C=O) groups excluding carboxylic acids is 1. The second-order valence-corrected chi connectivity index (χ2v) is 9.03. The largest absolute Gasteiger partial charge is 0.378 e. The first-order valence-corrected chi connectivity index (χ1v) is 11.9. The van der Waals surface area contributed by atoms with E-state index in [0.29, 0.717) is 44.1 Å². The number of aromatic nitrogens is 2. The predicted octanol–water partition coefficient (Wildman–Crippen LogP) is 3.47. The monoisotopic (exact) mass is 467 g/mol. The lowest BCUT2D eigenvalue weighted by Crippen LogP contribution is -2.50. The molecule has 3 aromatic carbocycles. The van der Waals surface area contributed by atoms with E-state index < -0.39 is 0 Å². The van der Waals surface area contributed by atoms with E-state index in [0.717, 1.165) is 22.3 Å². The van der Waals surface area contributed by atoms with Gasteiger partial charge in [-0.3, -0.25) is 14.2 Å². The molecule has 0 radical (unpaired) electrons. The molecule has 1 aliphatic heterocycles. The Balaban J connectivity index is 1.39. The van der Waals surface area contributed by atoms with Gasteiger partial charge in [-0.25, -0.2) is 4.98 Å². The van der Waals surface area contributed by atoms with Crippen molar-refractivity contribution in [3.05, 3.63) is 100 Å². The van der Waals surface area contributed by atoms with Crippen LogP contribution in [-0.2, 0) is 6.54 Å². The standard InChI is InChI=1S/C28H29N5O2/c1-30(2)23-12-8-11-22(19-23)27(34)32-17-15-31(16-18-32)26-28(35)33(20-21-9-4-3-5-10-21)25-14-7-6-13-24(25)29-26/h3-14,19H,15-18,20H2,1-2H3. The number of hydrogen-bond donors (Lipinski definition) is 0. The summed E-state index contributed by atoms with van der Waals surface area (Å²) in [5.41, 5.74) is 4.24. The van der Waals surface area contributed by atoms with Gasteiger partial charge in [-0.05, 0) is 35.9 Å². The van der Waals surface area contributed by atoms with Crippen LogP contribution in [0.5, 0.6) is 0 Å². The summed E-state index contributed by atoms with van der Waals surface area (Å²) in [6.45, 7) is 2.68. The van der Waals surface area contributed by atoms with Gasteiger partial charge in [-0.1, -0.05) is 48.5 Å². The molecule has 7 heteroatoms. The number of rotatable bonds is 5. The normalized spacial score (nSPS) is 13.8. The molecule has 1 fully saturated rings. The third-order valence-corrected chi connectivity index (χ3v) is 6.49. The smallest absolute Gasteiger partial charge is 0.294 e. The van der Waals surface area contributed by atoms with E-state index in [4.69, 9.17) is 4.98 Å². The quantitative estimate of drug-likeness (QED) is 0.450. The zero-order valence-electron chi connectivity index (χ0n) is 20.1. The Morgan fingerprint density at radius 3 is 2.34 bits per heavy atom. The first kappa shape index (κ1) is 22.7. The van der Waals surface area contributed by atoms with Crippen molar-refractivity contribution in [1.82, 2.24) is 14.5 Å². The molecule has 1 aromatic heterocycles. The molecular formula is C28H29N5O2. The van der Waals surface area contributed by atoms with Crippen LogP contribution in [0.4, 0.5) is 11.5 Å². The fourth-order valence-electron chi connectivity index (χ4n) is 4.53. The lowest BCUT2D eigenvalue weighted by atomic mass is 10.1. The number of piperazine rings is 1.